The van der Waals surface area contributed by atoms with Crippen LogP contribution < -0.4 is 15.5 Å². The second-order valence-electron chi connectivity index (χ2n) is 6.17. The van der Waals surface area contributed by atoms with Crippen LogP contribution in [-0.4, -0.2) is 37.4 Å². The Kier molecular flexibility index (Phi) is 6.99. The third-order valence-corrected chi connectivity index (χ3v) is 4.44. The maximum absolute atomic E-state index is 11.9. The van der Waals surface area contributed by atoms with Crippen molar-refractivity contribution in [3.63, 3.8) is 0 Å². The van der Waals surface area contributed by atoms with Crippen molar-refractivity contribution >= 4 is 29.0 Å². The fourth-order valence-electron chi connectivity index (χ4n) is 2.74. The molecule has 0 aromatic heterocycles. The van der Waals surface area contributed by atoms with Crippen molar-refractivity contribution in [1.29, 1.82) is 0 Å². The molecule has 0 radical (unpaired) electrons. The summed E-state index contributed by atoms with van der Waals surface area (Å²) in [5, 5.41) is 15.1. The number of nitrogens with one attached hydrogen (secondary N) is 2. The summed E-state index contributed by atoms with van der Waals surface area (Å²) in [6, 6.07) is 5.39. The molecule has 0 spiro atoms. The van der Waals surface area contributed by atoms with Gasteiger partial charge in [0.25, 0.3) is 0 Å². The standard InChI is InChI=1S/C17H26ClN3O2/c1-13(7-10-22)12-19-17(23)20-14-5-6-16(15(18)11-14)21-8-3-2-4-9-21/h5-6,11,13,22H,2-4,7-10,12H2,1H3,(H2,19,20,23). The van der Waals surface area contributed by atoms with E-state index in [0.29, 0.717) is 23.7 Å². The number of nitrogens with zero attached hydrogens (tertiary/aromatic N) is 1. The topological polar surface area (TPSA) is 64.6 Å². The normalized spacial score (nSPS) is 16.0. The summed E-state index contributed by atoms with van der Waals surface area (Å²) < 4.78 is 0. The fourth-order valence-corrected chi connectivity index (χ4v) is 3.04. The van der Waals surface area contributed by atoms with E-state index in [4.69, 9.17) is 16.7 Å². The maximum atomic E-state index is 11.9. The zero-order chi connectivity index (χ0) is 16.7. The van der Waals surface area contributed by atoms with E-state index in [-0.39, 0.29) is 18.6 Å². The number of hydrogen-bond donors (Lipinski definition) is 3. The molecule has 128 valence electrons. The van der Waals surface area contributed by atoms with Gasteiger partial charge in [0, 0.05) is 31.9 Å². The molecule has 6 heteroatoms. The predicted octanol–water partition coefficient (Wildman–Crippen LogP) is 3.47. The second kappa shape index (κ2) is 8.99. The van der Waals surface area contributed by atoms with E-state index in [2.05, 4.69) is 15.5 Å². The highest BCUT2D eigenvalue weighted by molar-refractivity contribution is 6.33. The summed E-state index contributed by atoms with van der Waals surface area (Å²) in [4.78, 5) is 14.2. The monoisotopic (exact) mass is 339 g/mol. The lowest BCUT2D eigenvalue weighted by Crippen LogP contribution is -2.32. The minimum atomic E-state index is -0.253. The average molecular weight is 340 g/mol. The van der Waals surface area contributed by atoms with Gasteiger partial charge in [0.2, 0.25) is 0 Å². The van der Waals surface area contributed by atoms with Gasteiger partial charge < -0.3 is 20.6 Å². The number of piperidine rings is 1. The van der Waals surface area contributed by atoms with Crippen molar-refractivity contribution in [1.82, 2.24) is 5.32 Å². The zero-order valence-corrected chi connectivity index (χ0v) is 14.4. The van der Waals surface area contributed by atoms with Gasteiger partial charge in [0.15, 0.2) is 0 Å². The Morgan fingerprint density at radius 1 is 1.35 bits per heavy atom. The van der Waals surface area contributed by atoms with E-state index in [1.54, 1.807) is 6.07 Å². The summed E-state index contributed by atoms with van der Waals surface area (Å²) in [5.74, 6) is 0.246. The van der Waals surface area contributed by atoms with E-state index < -0.39 is 0 Å². The SMILES string of the molecule is CC(CCO)CNC(=O)Nc1ccc(N2CCCCC2)c(Cl)c1. The Labute approximate surface area is 143 Å². The van der Waals surface area contributed by atoms with Gasteiger partial charge in [-0.05, 0) is 49.8 Å². The van der Waals surface area contributed by atoms with Crippen molar-refractivity contribution in [2.24, 2.45) is 5.92 Å². The number of benzene rings is 1. The van der Waals surface area contributed by atoms with Crippen LogP contribution in [0.3, 0.4) is 0 Å². The number of urea groups is 1. The molecule has 1 heterocycles. The van der Waals surface area contributed by atoms with Crippen molar-refractivity contribution in [2.45, 2.75) is 32.6 Å². The zero-order valence-electron chi connectivity index (χ0n) is 13.6. The largest absolute Gasteiger partial charge is 0.396 e. The number of anilines is 2. The number of hydrogen-bond acceptors (Lipinski definition) is 3. The molecule has 23 heavy (non-hydrogen) atoms. The molecule has 1 saturated heterocycles. The summed E-state index contributed by atoms with van der Waals surface area (Å²) in [7, 11) is 0. The van der Waals surface area contributed by atoms with Gasteiger partial charge in [-0.1, -0.05) is 18.5 Å². The number of halogens is 1. The van der Waals surface area contributed by atoms with Crippen LogP contribution >= 0.6 is 11.6 Å². The van der Waals surface area contributed by atoms with E-state index in [0.717, 1.165) is 18.8 Å². The third-order valence-electron chi connectivity index (χ3n) is 4.14. The highest BCUT2D eigenvalue weighted by atomic mass is 35.5. The first-order chi connectivity index (χ1) is 11.1. The van der Waals surface area contributed by atoms with Crippen LogP contribution in [0.5, 0.6) is 0 Å². The molecule has 1 atom stereocenters. The van der Waals surface area contributed by atoms with Gasteiger partial charge in [0.05, 0.1) is 10.7 Å². The van der Waals surface area contributed by atoms with Gasteiger partial charge >= 0.3 is 6.03 Å². The van der Waals surface area contributed by atoms with Crippen LogP contribution in [0.2, 0.25) is 5.02 Å². The smallest absolute Gasteiger partial charge is 0.319 e. The third kappa shape index (κ3) is 5.59. The highest BCUT2D eigenvalue weighted by Gasteiger charge is 2.14. The predicted molar refractivity (Wildman–Crippen MR) is 95.4 cm³/mol. The number of amides is 2. The first kappa shape index (κ1) is 17.9. The molecule has 3 N–H and O–H groups in total. The number of rotatable bonds is 6. The Balaban J connectivity index is 1.88. The van der Waals surface area contributed by atoms with Gasteiger partial charge in [-0.2, -0.15) is 0 Å². The van der Waals surface area contributed by atoms with Crippen LogP contribution in [-0.2, 0) is 0 Å². The lowest BCUT2D eigenvalue weighted by atomic mass is 10.1. The molecule has 0 saturated carbocycles. The average Bonchev–Trinajstić information content (AvgIpc) is 2.54. The molecule has 5 nitrogen and oxygen atoms in total. The maximum Gasteiger partial charge on any atom is 0.319 e. The number of carbonyl (C=O) groups is 1. The number of aliphatic hydroxyl groups excluding tert-OH is 1. The molecule has 0 aliphatic carbocycles. The molecule has 1 aromatic rings. The first-order valence-corrected chi connectivity index (χ1v) is 8.68. The van der Waals surface area contributed by atoms with E-state index in [9.17, 15) is 4.79 Å². The molecule has 1 aliphatic heterocycles. The van der Waals surface area contributed by atoms with Crippen molar-refractivity contribution in [3.8, 4) is 0 Å². The number of aliphatic hydroxyl groups is 1. The highest BCUT2D eigenvalue weighted by Crippen LogP contribution is 2.30. The molecular formula is C17H26ClN3O2. The molecule has 1 fully saturated rings. The van der Waals surface area contributed by atoms with Crippen molar-refractivity contribution < 1.29 is 9.90 Å². The molecule has 1 aromatic carbocycles. The quantitative estimate of drug-likeness (QED) is 0.743. The van der Waals surface area contributed by atoms with Gasteiger partial charge in [-0.25, -0.2) is 4.79 Å². The Morgan fingerprint density at radius 2 is 2.09 bits per heavy atom. The van der Waals surface area contributed by atoms with E-state index in [1.807, 2.05) is 19.1 Å². The Hall–Kier alpha value is -1.46. The van der Waals surface area contributed by atoms with E-state index >= 15 is 0 Å². The molecule has 2 amide bonds. The lowest BCUT2D eigenvalue weighted by molar-refractivity contribution is 0.243. The summed E-state index contributed by atoms with van der Waals surface area (Å²) in [6.45, 7) is 4.73. The molecule has 1 unspecified atom stereocenters. The molecule has 0 bridgehead atoms. The minimum absolute atomic E-state index is 0.137. The van der Waals surface area contributed by atoms with Gasteiger partial charge in [0.1, 0.15) is 0 Å². The van der Waals surface area contributed by atoms with Crippen LogP contribution in [0.15, 0.2) is 18.2 Å². The first-order valence-electron chi connectivity index (χ1n) is 8.30. The van der Waals surface area contributed by atoms with Crippen LogP contribution in [0.4, 0.5) is 16.2 Å². The molecular weight excluding hydrogens is 314 g/mol. The van der Waals surface area contributed by atoms with Gasteiger partial charge in [-0.3, -0.25) is 0 Å². The van der Waals surface area contributed by atoms with Crippen LogP contribution in [0, 0.1) is 5.92 Å². The van der Waals surface area contributed by atoms with Crippen LogP contribution in [0.1, 0.15) is 32.6 Å². The Bertz CT molecular complexity index is 519. The molecule has 2 rings (SSSR count). The lowest BCUT2D eigenvalue weighted by Gasteiger charge is -2.29. The number of carbonyl (C=O) groups excluding carboxylic acids is 1. The Morgan fingerprint density at radius 3 is 2.74 bits per heavy atom. The minimum Gasteiger partial charge on any atom is -0.396 e. The van der Waals surface area contributed by atoms with Crippen molar-refractivity contribution in [3.05, 3.63) is 23.2 Å². The second-order valence-corrected chi connectivity index (χ2v) is 6.57. The van der Waals surface area contributed by atoms with E-state index in [1.165, 1.54) is 19.3 Å². The summed E-state index contributed by atoms with van der Waals surface area (Å²) >= 11 is 6.37. The van der Waals surface area contributed by atoms with Crippen LogP contribution in [0.25, 0.3) is 0 Å². The summed E-state index contributed by atoms with van der Waals surface area (Å²) in [6.07, 6.45) is 4.36. The fraction of sp³-hybridized carbons (Fsp3) is 0.588. The molecule has 1 aliphatic rings. The van der Waals surface area contributed by atoms with Gasteiger partial charge in [-0.15, -0.1) is 0 Å². The van der Waals surface area contributed by atoms with Crippen molar-refractivity contribution in [2.75, 3.05) is 36.5 Å². The summed E-state index contributed by atoms with van der Waals surface area (Å²) in [5.41, 5.74) is 1.72.